The molecule has 2 aromatic carbocycles. The highest BCUT2D eigenvalue weighted by molar-refractivity contribution is 7.80. The van der Waals surface area contributed by atoms with Crippen LogP contribution >= 0.6 is 12.2 Å². The van der Waals surface area contributed by atoms with Gasteiger partial charge >= 0.3 is 0 Å². The average Bonchev–Trinajstić information content (AvgIpc) is 3.12. The highest BCUT2D eigenvalue weighted by atomic mass is 32.1. The van der Waals surface area contributed by atoms with Gasteiger partial charge in [0.2, 0.25) is 0 Å². The molecule has 0 saturated carbocycles. The van der Waals surface area contributed by atoms with Gasteiger partial charge in [0.1, 0.15) is 6.10 Å². The Kier molecular flexibility index (Phi) is 7.04. The third-order valence-electron chi connectivity index (χ3n) is 4.92. The van der Waals surface area contributed by atoms with Gasteiger partial charge in [-0.15, -0.1) is 0 Å². The molecule has 26 heavy (non-hydrogen) atoms. The molecule has 0 aromatic heterocycles. The van der Waals surface area contributed by atoms with Gasteiger partial charge in [-0.05, 0) is 29.8 Å². The minimum atomic E-state index is 0.122. The minimum Gasteiger partial charge on any atom is -0.466 e. The lowest BCUT2D eigenvalue weighted by molar-refractivity contribution is 0.201. The summed E-state index contributed by atoms with van der Waals surface area (Å²) in [6, 6.07) is 21.8. The molecule has 138 valence electrons. The number of ether oxygens (including phenoxy) is 1. The fourth-order valence-electron chi connectivity index (χ4n) is 3.61. The summed E-state index contributed by atoms with van der Waals surface area (Å²) in [4.78, 5) is 0. The highest BCUT2D eigenvalue weighted by Gasteiger charge is 2.33. The Morgan fingerprint density at radius 3 is 2.31 bits per heavy atom. The van der Waals surface area contributed by atoms with Gasteiger partial charge in [-0.2, -0.15) is 0 Å². The highest BCUT2D eigenvalue weighted by Crippen LogP contribution is 2.32. The van der Waals surface area contributed by atoms with E-state index in [0.29, 0.717) is 17.1 Å². The quantitative estimate of drug-likeness (QED) is 0.566. The van der Waals surface area contributed by atoms with Crippen LogP contribution in [0.15, 0.2) is 60.7 Å². The number of thiocarbonyl (C=S) groups is 1. The van der Waals surface area contributed by atoms with Crippen molar-refractivity contribution < 1.29 is 4.74 Å². The third kappa shape index (κ3) is 5.05. The molecule has 3 rings (SSSR count). The van der Waals surface area contributed by atoms with Crippen LogP contribution in [0.2, 0.25) is 0 Å². The van der Waals surface area contributed by atoms with E-state index < -0.39 is 0 Å². The summed E-state index contributed by atoms with van der Waals surface area (Å²) in [6.45, 7) is 3.89. The number of hydrogen-bond acceptors (Lipinski definition) is 3. The SMILES string of the molecule is CCCCNC(=S)O[C@H]1CN[C@@H](C(c2ccccc2)c2ccccc2)C1. The molecule has 2 N–H and O–H groups in total. The van der Waals surface area contributed by atoms with Crippen molar-refractivity contribution in [3.05, 3.63) is 71.8 Å². The van der Waals surface area contributed by atoms with Crippen LogP contribution in [-0.4, -0.2) is 30.4 Å². The summed E-state index contributed by atoms with van der Waals surface area (Å²) in [6.07, 6.45) is 3.33. The van der Waals surface area contributed by atoms with E-state index in [1.807, 2.05) is 0 Å². The lowest BCUT2D eigenvalue weighted by atomic mass is 9.84. The first-order chi connectivity index (χ1) is 12.8. The van der Waals surface area contributed by atoms with Gasteiger partial charge in [0, 0.05) is 31.5 Å². The van der Waals surface area contributed by atoms with Crippen LogP contribution in [-0.2, 0) is 4.74 Å². The number of hydrogen-bond donors (Lipinski definition) is 2. The van der Waals surface area contributed by atoms with Crippen molar-refractivity contribution in [2.45, 2.75) is 44.2 Å². The van der Waals surface area contributed by atoms with Crippen LogP contribution < -0.4 is 10.6 Å². The van der Waals surface area contributed by atoms with Crippen molar-refractivity contribution >= 4 is 17.4 Å². The monoisotopic (exact) mass is 368 g/mol. The zero-order valence-corrected chi connectivity index (χ0v) is 16.2. The maximum Gasteiger partial charge on any atom is 0.256 e. The molecule has 3 nitrogen and oxygen atoms in total. The smallest absolute Gasteiger partial charge is 0.256 e. The molecule has 2 aromatic rings. The third-order valence-corrected chi connectivity index (χ3v) is 5.16. The minimum absolute atomic E-state index is 0.122. The van der Waals surface area contributed by atoms with E-state index in [9.17, 15) is 0 Å². The summed E-state index contributed by atoms with van der Waals surface area (Å²) in [5.74, 6) is 0.313. The molecule has 1 aliphatic heterocycles. The van der Waals surface area contributed by atoms with Gasteiger partial charge in [-0.3, -0.25) is 0 Å². The van der Waals surface area contributed by atoms with Crippen LogP contribution in [0.4, 0.5) is 0 Å². The van der Waals surface area contributed by atoms with Crippen LogP contribution in [0, 0.1) is 0 Å². The summed E-state index contributed by atoms with van der Waals surface area (Å²) in [5.41, 5.74) is 2.67. The van der Waals surface area contributed by atoms with Crippen molar-refractivity contribution in [1.82, 2.24) is 10.6 Å². The fraction of sp³-hybridized carbons (Fsp3) is 0.409. The van der Waals surface area contributed by atoms with E-state index in [-0.39, 0.29) is 6.10 Å². The van der Waals surface area contributed by atoms with Crippen molar-refractivity contribution in [1.29, 1.82) is 0 Å². The molecule has 1 aliphatic rings. The van der Waals surface area contributed by atoms with E-state index in [1.54, 1.807) is 0 Å². The lowest BCUT2D eigenvalue weighted by Crippen LogP contribution is -2.30. The van der Waals surface area contributed by atoms with Crippen molar-refractivity contribution in [3.63, 3.8) is 0 Å². The summed E-state index contributed by atoms with van der Waals surface area (Å²) in [5, 5.41) is 7.39. The van der Waals surface area contributed by atoms with E-state index in [2.05, 4.69) is 78.2 Å². The number of rotatable bonds is 7. The van der Waals surface area contributed by atoms with Gasteiger partial charge < -0.3 is 15.4 Å². The Bertz CT molecular complexity index is 638. The molecule has 0 aliphatic carbocycles. The molecular weight excluding hydrogens is 340 g/mol. The second-order valence-electron chi connectivity index (χ2n) is 6.86. The molecule has 4 heteroatoms. The Balaban J connectivity index is 1.66. The molecule has 0 radical (unpaired) electrons. The molecule has 1 heterocycles. The molecule has 0 amide bonds. The molecule has 0 bridgehead atoms. The molecule has 2 atom stereocenters. The molecule has 0 spiro atoms. The largest absolute Gasteiger partial charge is 0.466 e. The normalized spacial score (nSPS) is 19.5. The Morgan fingerprint density at radius 1 is 1.12 bits per heavy atom. The van der Waals surface area contributed by atoms with E-state index in [4.69, 9.17) is 17.0 Å². The zero-order valence-electron chi connectivity index (χ0n) is 15.4. The Hall–Kier alpha value is -1.91. The summed E-state index contributed by atoms with van der Waals surface area (Å²) >= 11 is 5.33. The first kappa shape index (κ1) is 18.9. The first-order valence-corrected chi connectivity index (χ1v) is 9.96. The maximum atomic E-state index is 5.97. The Labute approximate surface area is 162 Å². The summed E-state index contributed by atoms with van der Waals surface area (Å²) < 4.78 is 5.97. The lowest BCUT2D eigenvalue weighted by Gasteiger charge is -2.25. The second kappa shape index (κ2) is 9.70. The molecular formula is C22H28N2OS. The van der Waals surface area contributed by atoms with Crippen molar-refractivity contribution in [3.8, 4) is 0 Å². The van der Waals surface area contributed by atoms with Crippen LogP contribution in [0.3, 0.4) is 0 Å². The number of benzene rings is 2. The average molecular weight is 369 g/mol. The standard InChI is InChI=1S/C22H28N2OS/c1-2-3-14-23-22(26)25-19-15-20(24-16-19)21(17-10-6-4-7-11-17)18-12-8-5-9-13-18/h4-13,19-21,24H,2-3,14-16H2,1H3,(H,23,26)/t19-,20-/m1/s1. The molecule has 1 saturated heterocycles. The van der Waals surface area contributed by atoms with Crippen LogP contribution in [0.5, 0.6) is 0 Å². The van der Waals surface area contributed by atoms with Crippen LogP contribution in [0.1, 0.15) is 43.2 Å². The van der Waals surface area contributed by atoms with Crippen molar-refractivity contribution in [2.24, 2.45) is 0 Å². The number of unbranched alkanes of at least 4 members (excludes halogenated alkanes) is 1. The predicted molar refractivity (Wildman–Crippen MR) is 112 cm³/mol. The maximum absolute atomic E-state index is 5.97. The van der Waals surface area contributed by atoms with Gasteiger partial charge in [-0.1, -0.05) is 74.0 Å². The van der Waals surface area contributed by atoms with Gasteiger partial charge in [0.05, 0.1) is 0 Å². The number of nitrogens with one attached hydrogen (secondary N) is 2. The van der Waals surface area contributed by atoms with Gasteiger partial charge in [0.15, 0.2) is 0 Å². The topological polar surface area (TPSA) is 33.3 Å². The van der Waals surface area contributed by atoms with Gasteiger partial charge in [0.25, 0.3) is 5.17 Å². The van der Waals surface area contributed by atoms with E-state index >= 15 is 0 Å². The first-order valence-electron chi connectivity index (χ1n) is 9.55. The molecule has 0 unspecified atom stereocenters. The van der Waals surface area contributed by atoms with E-state index in [0.717, 1.165) is 32.4 Å². The second-order valence-corrected chi connectivity index (χ2v) is 7.23. The Morgan fingerprint density at radius 2 is 1.73 bits per heavy atom. The fourth-order valence-corrected chi connectivity index (χ4v) is 3.85. The van der Waals surface area contributed by atoms with Crippen molar-refractivity contribution in [2.75, 3.05) is 13.1 Å². The van der Waals surface area contributed by atoms with E-state index in [1.165, 1.54) is 11.1 Å². The van der Waals surface area contributed by atoms with Crippen LogP contribution in [0.25, 0.3) is 0 Å². The molecule has 1 fully saturated rings. The van der Waals surface area contributed by atoms with Gasteiger partial charge in [-0.25, -0.2) is 0 Å². The summed E-state index contributed by atoms with van der Waals surface area (Å²) in [7, 11) is 0. The predicted octanol–water partition coefficient (Wildman–Crippen LogP) is 4.24. The zero-order chi connectivity index (χ0) is 18.2.